The summed E-state index contributed by atoms with van der Waals surface area (Å²) in [6, 6.07) is 7.68. The van der Waals surface area contributed by atoms with Gasteiger partial charge in [-0.15, -0.1) is 0 Å². The number of hydrogen-bond donors (Lipinski definition) is 0. The number of aryl methyl sites for hydroxylation is 1. The second-order valence-corrected chi connectivity index (χ2v) is 5.76. The Hall–Kier alpha value is -1.84. The molecule has 0 unspecified atom stereocenters. The summed E-state index contributed by atoms with van der Waals surface area (Å²) in [7, 11) is 0. The van der Waals surface area contributed by atoms with E-state index >= 15 is 0 Å². The van der Waals surface area contributed by atoms with Gasteiger partial charge in [0.1, 0.15) is 0 Å². The van der Waals surface area contributed by atoms with Crippen LogP contribution < -0.4 is 0 Å². The molecule has 20 heavy (non-hydrogen) atoms. The average Bonchev–Trinajstić information content (AvgIpc) is 3.30. The summed E-state index contributed by atoms with van der Waals surface area (Å²) in [5, 5.41) is 0. The summed E-state index contributed by atoms with van der Waals surface area (Å²) >= 11 is 0. The Morgan fingerprint density at radius 3 is 2.30 bits per heavy atom. The van der Waals surface area contributed by atoms with Crippen LogP contribution in [-0.4, -0.2) is 47.8 Å². The highest BCUT2D eigenvalue weighted by Crippen LogP contribution is 2.31. The quantitative estimate of drug-likeness (QED) is 0.822. The normalized spacial score (nSPS) is 19.1. The third-order valence-electron chi connectivity index (χ3n) is 4.07. The number of rotatable bonds is 2. The molecule has 1 saturated carbocycles. The summed E-state index contributed by atoms with van der Waals surface area (Å²) in [5.74, 6) is 0.633. The average molecular weight is 272 g/mol. The van der Waals surface area contributed by atoms with Gasteiger partial charge in [0.05, 0.1) is 0 Å². The van der Waals surface area contributed by atoms with Gasteiger partial charge in [-0.3, -0.25) is 9.59 Å². The first-order valence-corrected chi connectivity index (χ1v) is 7.30. The van der Waals surface area contributed by atoms with Crippen molar-refractivity contribution in [1.82, 2.24) is 9.80 Å². The van der Waals surface area contributed by atoms with Gasteiger partial charge in [0.15, 0.2) is 0 Å². The molecule has 0 N–H and O–H groups in total. The Morgan fingerprint density at radius 1 is 1.05 bits per heavy atom. The van der Waals surface area contributed by atoms with Gasteiger partial charge < -0.3 is 9.80 Å². The van der Waals surface area contributed by atoms with Crippen LogP contribution in [0.4, 0.5) is 0 Å². The predicted molar refractivity (Wildman–Crippen MR) is 76.4 cm³/mol. The van der Waals surface area contributed by atoms with Gasteiger partial charge in [0, 0.05) is 37.7 Å². The van der Waals surface area contributed by atoms with Gasteiger partial charge in [0.25, 0.3) is 5.91 Å². The molecule has 1 aromatic carbocycles. The van der Waals surface area contributed by atoms with E-state index in [1.165, 1.54) is 0 Å². The highest BCUT2D eigenvalue weighted by Gasteiger charge is 2.35. The number of carbonyl (C=O) groups is 2. The first-order valence-electron chi connectivity index (χ1n) is 7.30. The second-order valence-electron chi connectivity index (χ2n) is 5.76. The molecule has 2 aliphatic rings. The molecule has 0 bridgehead atoms. The summed E-state index contributed by atoms with van der Waals surface area (Å²) < 4.78 is 0. The van der Waals surface area contributed by atoms with Crippen LogP contribution in [-0.2, 0) is 4.79 Å². The lowest BCUT2D eigenvalue weighted by molar-refractivity contribution is -0.134. The standard InChI is InChI=1S/C16H20N2O2/c1-12-3-2-4-14(11-12)16(20)18-9-7-17(8-10-18)15(19)13-5-6-13/h2-4,11,13H,5-10H2,1H3. The van der Waals surface area contributed by atoms with Crippen molar-refractivity contribution in [2.75, 3.05) is 26.2 Å². The summed E-state index contributed by atoms with van der Waals surface area (Å²) in [4.78, 5) is 28.1. The summed E-state index contributed by atoms with van der Waals surface area (Å²) in [6.07, 6.45) is 2.09. The van der Waals surface area contributed by atoms with E-state index in [1.54, 1.807) is 0 Å². The fraction of sp³-hybridized carbons (Fsp3) is 0.500. The minimum absolute atomic E-state index is 0.0761. The Labute approximate surface area is 119 Å². The molecule has 2 amide bonds. The van der Waals surface area contributed by atoms with E-state index in [0.717, 1.165) is 24.0 Å². The maximum absolute atomic E-state index is 12.4. The van der Waals surface area contributed by atoms with Crippen molar-refractivity contribution in [3.05, 3.63) is 35.4 Å². The molecule has 3 rings (SSSR count). The number of piperazine rings is 1. The van der Waals surface area contributed by atoms with Gasteiger partial charge >= 0.3 is 0 Å². The third kappa shape index (κ3) is 2.69. The molecule has 4 heteroatoms. The van der Waals surface area contributed by atoms with Crippen molar-refractivity contribution in [1.29, 1.82) is 0 Å². The zero-order chi connectivity index (χ0) is 14.1. The fourth-order valence-corrected chi connectivity index (χ4v) is 2.68. The van der Waals surface area contributed by atoms with Crippen LogP contribution >= 0.6 is 0 Å². The van der Waals surface area contributed by atoms with Crippen molar-refractivity contribution in [2.24, 2.45) is 5.92 Å². The molecule has 1 aliphatic carbocycles. The van der Waals surface area contributed by atoms with Crippen LogP contribution in [0.25, 0.3) is 0 Å². The van der Waals surface area contributed by atoms with Gasteiger partial charge in [-0.1, -0.05) is 17.7 Å². The third-order valence-corrected chi connectivity index (χ3v) is 4.07. The molecule has 4 nitrogen and oxygen atoms in total. The number of benzene rings is 1. The molecular formula is C16H20N2O2. The fourth-order valence-electron chi connectivity index (χ4n) is 2.68. The predicted octanol–water partition coefficient (Wildman–Crippen LogP) is 1.69. The summed E-state index contributed by atoms with van der Waals surface area (Å²) in [5.41, 5.74) is 1.84. The second kappa shape index (κ2) is 5.27. The first-order chi connectivity index (χ1) is 9.65. The van der Waals surface area contributed by atoms with Crippen LogP contribution in [0.1, 0.15) is 28.8 Å². The van der Waals surface area contributed by atoms with E-state index < -0.39 is 0 Å². The zero-order valence-electron chi connectivity index (χ0n) is 11.8. The van der Waals surface area contributed by atoms with Gasteiger partial charge in [-0.05, 0) is 31.9 Å². The molecule has 0 radical (unpaired) electrons. The van der Waals surface area contributed by atoms with Crippen LogP contribution in [0, 0.1) is 12.8 Å². The Bertz CT molecular complexity index is 529. The zero-order valence-corrected chi connectivity index (χ0v) is 11.8. The van der Waals surface area contributed by atoms with Gasteiger partial charge in [0.2, 0.25) is 5.91 Å². The number of nitrogens with zero attached hydrogens (tertiary/aromatic N) is 2. The molecule has 0 aromatic heterocycles. The highest BCUT2D eigenvalue weighted by atomic mass is 16.2. The molecular weight excluding hydrogens is 252 g/mol. The van der Waals surface area contributed by atoms with Crippen LogP contribution in [0.5, 0.6) is 0 Å². The number of amides is 2. The van der Waals surface area contributed by atoms with Crippen molar-refractivity contribution in [2.45, 2.75) is 19.8 Å². The molecule has 0 atom stereocenters. The molecule has 1 saturated heterocycles. The lowest BCUT2D eigenvalue weighted by Gasteiger charge is -2.35. The molecule has 2 fully saturated rings. The van der Waals surface area contributed by atoms with E-state index in [4.69, 9.17) is 0 Å². The van der Waals surface area contributed by atoms with Gasteiger partial charge in [-0.2, -0.15) is 0 Å². The maximum atomic E-state index is 12.4. The highest BCUT2D eigenvalue weighted by molar-refractivity contribution is 5.94. The minimum atomic E-state index is 0.0761. The molecule has 1 heterocycles. The largest absolute Gasteiger partial charge is 0.339 e. The van der Waals surface area contributed by atoms with Crippen LogP contribution in [0.3, 0.4) is 0 Å². The first kappa shape index (κ1) is 13.2. The Balaban J connectivity index is 1.60. The number of hydrogen-bond acceptors (Lipinski definition) is 2. The molecule has 0 spiro atoms. The smallest absolute Gasteiger partial charge is 0.253 e. The van der Waals surface area contributed by atoms with Crippen molar-refractivity contribution in [3.63, 3.8) is 0 Å². The monoisotopic (exact) mass is 272 g/mol. The molecule has 1 aliphatic heterocycles. The van der Waals surface area contributed by atoms with E-state index in [0.29, 0.717) is 26.2 Å². The van der Waals surface area contributed by atoms with Crippen molar-refractivity contribution >= 4 is 11.8 Å². The lowest BCUT2D eigenvalue weighted by atomic mass is 10.1. The van der Waals surface area contributed by atoms with E-state index in [2.05, 4.69) is 0 Å². The maximum Gasteiger partial charge on any atom is 0.253 e. The van der Waals surface area contributed by atoms with Crippen molar-refractivity contribution in [3.8, 4) is 0 Å². The topological polar surface area (TPSA) is 40.6 Å². The lowest BCUT2D eigenvalue weighted by Crippen LogP contribution is -2.51. The van der Waals surface area contributed by atoms with Crippen LogP contribution in [0.15, 0.2) is 24.3 Å². The molecule has 106 valence electrons. The van der Waals surface area contributed by atoms with Crippen molar-refractivity contribution < 1.29 is 9.59 Å². The minimum Gasteiger partial charge on any atom is -0.339 e. The van der Waals surface area contributed by atoms with Gasteiger partial charge in [-0.25, -0.2) is 0 Å². The Morgan fingerprint density at radius 2 is 1.70 bits per heavy atom. The molecule has 1 aromatic rings. The summed E-state index contributed by atoms with van der Waals surface area (Å²) in [6.45, 7) is 4.62. The van der Waals surface area contributed by atoms with Crippen LogP contribution in [0.2, 0.25) is 0 Å². The van der Waals surface area contributed by atoms with E-state index in [9.17, 15) is 9.59 Å². The SMILES string of the molecule is Cc1cccc(C(=O)N2CCN(C(=O)C3CC3)CC2)c1. The van der Waals surface area contributed by atoms with E-state index in [1.807, 2.05) is 41.0 Å². The van der Waals surface area contributed by atoms with E-state index in [-0.39, 0.29) is 17.7 Å². The Kier molecular flexibility index (Phi) is 3.47. The number of carbonyl (C=O) groups excluding carboxylic acids is 2.